The topological polar surface area (TPSA) is 84.6 Å². The number of fused-ring (bicyclic) bond motifs is 1. The first kappa shape index (κ1) is 20.1. The van der Waals surface area contributed by atoms with Gasteiger partial charge in [-0.3, -0.25) is 4.79 Å². The fraction of sp³-hybridized carbons (Fsp3) is 0.429. The van der Waals surface area contributed by atoms with Gasteiger partial charge in [0, 0.05) is 23.8 Å². The molecule has 0 aromatic carbocycles. The van der Waals surface area contributed by atoms with Crippen molar-refractivity contribution in [1.82, 2.24) is 24.9 Å². The lowest BCUT2D eigenvalue weighted by molar-refractivity contribution is 0.0921. The SMILES string of the molecule is COc1ncc(F)cc1[C@H]1CCCN1c1ccn2ncc(C(=O)NC(C)(C)C)c2n1. The molecule has 0 saturated carbocycles. The highest BCUT2D eigenvalue weighted by Gasteiger charge is 2.31. The molecule has 0 bridgehead atoms. The van der Waals surface area contributed by atoms with Gasteiger partial charge >= 0.3 is 0 Å². The Balaban J connectivity index is 1.71. The lowest BCUT2D eigenvalue weighted by Crippen LogP contribution is -2.40. The Bertz CT molecular complexity index is 1090. The van der Waals surface area contributed by atoms with Crippen molar-refractivity contribution in [2.45, 2.75) is 45.2 Å². The maximum Gasteiger partial charge on any atom is 0.257 e. The summed E-state index contributed by atoms with van der Waals surface area (Å²) in [6.07, 6.45) is 6.20. The van der Waals surface area contributed by atoms with Gasteiger partial charge in [-0.05, 0) is 45.7 Å². The Morgan fingerprint density at radius 3 is 2.87 bits per heavy atom. The van der Waals surface area contributed by atoms with Crippen molar-refractivity contribution in [2.75, 3.05) is 18.6 Å². The average molecular weight is 412 g/mol. The van der Waals surface area contributed by atoms with Crippen LogP contribution in [-0.2, 0) is 0 Å². The number of pyridine rings is 1. The Morgan fingerprint density at radius 1 is 1.33 bits per heavy atom. The molecular formula is C21H25FN6O2. The van der Waals surface area contributed by atoms with E-state index >= 15 is 0 Å². The molecule has 0 aliphatic carbocycles. The minimum Gasteiger partial charge on any atom is -0.481 e. The van der Waals surface area contributed by atoms with Crippen LogP contribution in [0.3, 0.4) is 0 Å². The lowest BCUT2D eigenvalue weighted by atomic mass is 10.1. The smallest absolute Gasteiger partial charge is 0.257 e. The highest BCUT2D eigenvalue weighted by atomic mass is 19.1. The molecule has 1 atom stereocenters. The molecule has 0 unspecified atom stereocenters. The summed E-state index contributed by atoms with van der Waals surface area (Å²) in [6.45, 7) is 6.52. The van der Waals surface area contributed by atoms with E-state index in [1.807, 2.05) is 26.8 Å². The largest absolute Gasteiger partial charge is 0.481 e. The van der Waals surface area contributed by atoms with E-state index < -0.39 is 5.82 Å². The summed E-state index contributed by atoms with van der Waals surface area (Å²) in [5.41, 5.74) is 1.21. The summed E-state index contributed by atoms with van der Waals surface area (Å²) in [4.78, 5) is 23.6. The van der Waals surface area contributed by atoms with E-state index in [-0.39, 0.29) is 17.5 Å². The molecule has 0 radical (unpaired) electrons. The molecule has 1 fully saturated rings. The summed E-state index contributed by atoms with van der Waals surface area (Å²) < 4.78 is 20.8. The zero-order valence-corrected chi connectivity index (χ0v) is 17.5. The van der Waals surface area contributed by atoms with Crippen LogP contribution in [-0.4, -0.2) is 44.7 Å². The number of carbonyl (C=O) groups excluding carboxylic acids is 1. The summed E-state index contributed by atoms with van der Waals surface area (Å²) in [6, 6.07) is 3.20. The van der Waals surface area contributed by atoms with Gasteiger partial charge in [0.1, 0.15) is 17.2 Å². The van der Waals surface area contributed by atoms with Crippen LogP contribution < -0.4 is 15.0 Å². The summed E-state index contributed by atoms with van der Waals surface area (Å²) in [7, 11) is 1.53. The number of ether oxygens (including phenoxy) is 1. The number of rotatable bonds is 4. The van der Waals surface area contributed by atoms with Crippen molar-refractivity contribution in [2.24, 2.45) is 0 Å². The highest BCUT2D eigenvalue weighted by molar-refractivity contribution is 6.00. The van der Waals surface area contributed by atoms with Gasteiger partial charge < -0.3 is 15.0 Å². The van der Waals surface area contributed by atoms with Crippen molar-refractivity contribution in [3.05, 3.63) is 47.7 Å². The molecule has 8 nitrogen and oxygen atoms in total. The fourth-order valence-electron chi connectivity index (χ4n) is 3.80. The van der Waals surface area contributed by atoms with Gasteiger partial charge in [0.05, 0.1) is 25.5 Å². The van der Waals surface area contributed by atoms with E-state index in [2.05, 4.69) is 20.3 Å². The van der Waals surface area contributed by atoms with E-state index in [1.54, 1.807) is 10.7 Å². The lowest BCUT2D eigenvalue weighted by Gasteiger charge is -2.27. The van der Waals surface area contributed by atoms with Crippen LogP contribution in [0.25, 0.3) is 5.65 Å². The number of methoxy groups -OCH3 is 1. The second-order valence-corrected chi connectivity index (χ2v) is 8.42. The highest BCUT2D eigenvalue weighted by Crippen LogP contribution is 2.38. The molecule has 3 aromatic rings. The maximum absolute atomic E-state index is 13.9. The molecule has 0 spiro atoms. The van der Waals surface area contributed by atoms with E-state index in [0.29, 0.717) is 28.5 Å². The normalized spacial score (nSPS) is 16.8. The van der Waals surface area contributed by atoms with Crippen LogP contribution in [0.5, 0.6) is 5.88 Å². The van der Waals surface area contributed by atoms with Crippen LogP contribution >= 0.6 is 0 Å². The van der Waals surface area contributed by atoms with Crippen LogP contribution in [0.15, 0.2) is 30.7 Å². The van der Waals surface area contributed by atoms with Crippen LogP contribution in [0.1, 0.15) is 55.6 Å². The summed E-state index contributed by atoms with van der Waals surface area (Å²) in [5.74, 6) is 0.472. The van der Waals surface area contributed by atoms with E-state index in [1.165, 1.54) is 19.4 Å². The monoisotopic (exact) mass is 412 g/mol. The average Bonchev–Trinajstić information content (AvgIpc) is 3.33. The van der Waals surface area contributed by atoms with Crippen molar-refractivity contribution >= 4 is 17.4 Å². The first-order valence-electron chi connectivity index (χ1n) is 9.90. The molecular weight excluding hydrogens is 387 g/mol. The van der Waals surface area contributed by atoms with Gasteiger partial charge in [-0.1, -0.05) is 0 Å². The third-order valence-corrected chi connectivity index (χ3v) is 5.03. The zero-order valence-electron chi connectivity index (χ0n) is 17.5. The van der Waals surface area contributed by atoms with Gasteiger partial charge in [-0.15, -0.1) is 0 Å². The second-order valence-electron chi connectivity index (χ2n) is 8.42. The molecule has 1 amide bonds. The quantitative estimate of drug-likeness (QED) is 0.709. The molecule has 1 aliphatic heterocycles. The number of amides is 1. The zero-order chi connectivity index (χ0) is 21.5. The first-order chi connectivity index (χ1) is 14.3. The number of nitrogens with one attached hydrogen (secondary N) is 1. The predicted octanol–water partition coefficient (Wildman–Crippen LogP) is 3.14. The molecule has 1 saturated heterocycles. The number of carbonyl (C=O) groups is 1. The molecule has 4 heterocycles. The predicted molar refractivity (Wildman–Crippen MR) is 110 cm³/mol. The molecule has 3 aromatic heterocycles. The van der Waals surface area contributed by atoms with E-state index in [9.17, 15) is 9.18 Å². The van der Waals surface area contributed by atoms with Crippen LogP contribution in [0, 0.1) is 5.82 Å². The minimum absolute atomic E-state index is 0.118. The van der Waals surface area contributed by atoms with E-state index in [4.69, 9.17) is 9.72 Å². The summed E-state index contributed by atoms with van der Waals surface area (Å²) in [5, 5.41) is 7.20. The van der Waals surface area contributed by atoms with Gasteiger partial charge in [0.25, 0.3) is 5.91 Å². The molecule has 30 heavy (non-hydrogen) atoms. The van der Waals surface area contributed by atoms with Crippen LogP contribution in [0.2, 0.25) is 0 Å². The number of halogens is 1. The Labute approximate surface area is 174 Å². The summed E-state index contributed by atoms with van der Waals surface area (Å²) >= 11 is 0. The van der Waals surface area contributed by atoms with Crippen molar-refractivity contribution in [1.29, 1.82) is 0 Å². The van der Waals surface area contributed by atoms with Crippen molar-refractivity contribution in [3.63, 3.8) is 0 Å². The Morgan fingerprint density at radius 2 is 2.13 bits per heavy atom. The minimum atomic E-state index is -0.405. The van der Waals surface area contributed by atoms with Crippen LogP contribution in [0.4, 0.5) is 10.2 Å². The molecule has 1 aliphatic rings. The van der Waals surface area contributed by atoms with Crippen molar-refractivity contribution in [3.8, 4) is 5.88 Å². The standard InChI is InChI=1S/C21H25FN6O2/c1-21(2,3)26-19(29)15-12-24-28-9-7-17(25-18(15)28)27-8-5-6-16(27)14-10-13(22)11-23-20(14)30-4/h7,9-12,16H,5-6,8H2,1-4H3,(H,26,29)/t16-/m1/s1. The number of anilines is 1. The number of hydrogen-bond acceptors (Lipinski definition) is 6. The Kier molecular flexibility index (Phi) is 5.05. The fourth-order valence-corrected chi connectivity index (χ4v) is 3.80. The number of nitrogens with zero attached hydrogens (tertiary/aromatic N) is 5. The molecule has 4 rings (SSSR count). The van der Waals surface area contributed by atoms with Gasteiger partial charge in [-0.25, -0.2) is 18.9 Å². The van der Waals surface area contributed by atoms with Crippen molar-refractivity contribution < 1.29 is 13.9 Å². The van der Waals surface area contributed by atoms with E-state index in [0.717, 1.165) is 25.6 Å². The first-order valence-corrected chi connectivity index (χ1v) is 9.90. The van der Waals surface area contributed by atoms with Gasteiger partial charge in [-0.2, -0.15) is 5.10 Å². The Hall–Kier alpha value is -3.23. The van der Waals surface area contributed by atoms with Gasteiger partial charge in [0.2, 0.25) is 5.88 Å². The number of aromatic nitrogens is 4. The molecule has 1 N–H and O–H groups in total. The van der Waals surface area contributed by atoms with Gasteiger partial charge in [0.15, 0.2) is 5.65 Å². The maximum atomic E-state index is 13.9. The third-order valence-electron chi connectivity index (χ3n) is 5.03. The second kappa shape index (κ2) is 7.55. The molecule has 9 heteroatoms. The third kappa shape index (κ3) is 3.79. The molecule has 158 valence electrons. The number of hydrogen-bond donors (Lipinski definition) is 1.